The number of phenols is 1. The molecule has 0 radical (unpaired) electrons. The van der Waals surface area contributed by atoms with Crippen molar-refractivity contribution in [3.8, 4) is 5.75 Å². The maximum Gasteiger partial charge on any atom is 0.251 e. The summed E-state index contributed by atoms with van der Waals surface area (Å²) in [5.41, 5.74) is 0.618. The summed E-state index contributed by atoms with van der Waals surface area (Å²) >= 11 is 0. The van der Waals surface area contributed by atoms with Crippen LogP contribution in [0.3, 0.4) is 0 Å². The van der Waals surface area contributed by atoms with Crippen molar-refractivity contribution in [2.75, 3.05) is 19.7 Å². The minimum atomic E-state index is -0.428. The third-order valence-corrected chi connectivity index (χ3v) is 4.74. The van der Waals surface area contributed by atoms with Crippen LogP contribution in [0.1, 0.15) is 50.4 Å². The molecule has 5 heteroatoms. The van der Waals surface area contributed by atoms with Crippen LogP contribution >= 0.6 is 0 Å². The van der Waals surface area contributed by atoms with Crippen LogP contribution < -0.4 is 0 Å². The molecule has 1 N–H and O–H groups in total. The average molecular weight is 347 g/mol. The Labute approximate surface area is 150 Å². The quantitative estimate of drug-likeness (QED) is 0.769. The minimum Gasteiger partial charge on any atom is -0.508 e. The molecule has 5 nitrogen and oxygen atoms in total. The Bertz CT molecular complexity index is 574. The molecule has 1 saturated heterocycles. The molecule has 0 aromatic heterocycles. The molecule has 1 heterocycles. The third-order valence-electron chi connectivity index (χ3n) is 4.74. The second-order valence-corrected chi connectivity index (χ2v) is 7.21. The van der Waals surface area contributed by atoms with Gasteiger partial charge in [-0.05, 0) is 56.4 Å². The van der Waals surface area contributed by atoms with E-state index in [2.05, 4.69) is 13.8 Å². The van der Waals surface area contributed by atoms with E-state index in [-0.39, 0.29) is 23.4 Å². The number of nitrogens with zero attached hydrogens (tertiary/aromatic N) is 1. The molecule has 1 unspecified atom stereocenters. The van der Waals surface area contributed by atoms with Crippen molar-refractivity contribution in [1.82, 2.24) is 4.90 Å². The number of aromatic hydroxyl groups is 1. The van der Waals surface area contributed by atoms with Gasteiger partial charge in [0.05, 0.1) is 0 Å². The summed E-state index contributed by atoms with van der Waals surface area (Å²) in [7, 11) is 0. The average Bonchev–Trinajstić information content (AvgIpc) is 2.61. The fraction of sp³-hybridized carbons (Fsp3) is 0.600. The van der Waals surface area contributed by atoms with E-state index in [1.54, 1.807) is 24.0 Å². The lowest BCUT2D eigenvalue weighted by atomic mass is 9.88. The van der Waals surface area contributed by atoms with Gasteiger partial charge in [0.15, 0.2) is 5.78 Å². The van der Waals surface area contributed by atoms with Crippen molar-refractivity contribution in [3.63, 3.8) is 0 Å². The number of hydrogen-bond acceptors (Lipinski definition) is 4. The van der Waals surface area contributed by atoms with Gasteiger partial charge >= 0.3 is 0 Å². The number of carbonyl (C=O) groups is 2. The monoisotopic (exact) mass is 347 g/mol. The first-order valence-corrected chi connectivity index (χ1v) is 9.12. The van der Waals surface area contributed by atoms with Gasteiger partial charge in [-0.3, -0.25) is 9.59 Å². The predicted octanol–water partition coefficient (Wildman–Crippen LogP) is 3.26. The number of amides is 1. The van der Waals surface area contributed by atoms with Crippen LogP contribution in [-0.4, -0.2) is 47.5 Å². The summed E-state index contributed by atoms with van der Waals surface area (Å²) in [5, 5.41) is 9.32. The van der Waals surface area contributed by atoms with Crippen molar-refractivity contribution >= 4 is 11.7 Å². The van der Waals surface area contributed by atoms with E-state index in [0.29, 0.717) is 44.0 Å². The van der Waals surface area contributed by atoms with E-state index in [4.69, 9.17) is 4.74 Å². The molecule has 1 fully saturated rings. The van der Waals surface area contributed by atoms with Crippen LogP contribution in [0.15, 0.2) is 24.3 Å². The number of piperidine rings is 1. The normalized spacial score (nSPS) is 16.9. The summed E-state index contributed by atoms with van der Waals surface area (Å²) in [4.78, 5) is 26.8. The Morgan fingerprint density at radius 1 is 1.16 bits per heavy atom. The zero-order chi connectivity index (χ0) is 18.4. The molecule has 0 spiro atoms. The molecule has 1 aliphatic heterocycles. The Kier molecular flexibility index (Phi) is 7.00. The topological polar surface area (TPSA) is 66.8 Å². The first-order chi connectivity index (χ1) is 11.9. The van der Waals surface area contributed by atoms with E-state index in [0.717, 1.165) is 6.42 Å². The van der Waals surface area contributed by atoms with Gasteiger partial charge in [-0.15, -0.1) is 0 Å². The van der Waals surface area contributed by atoms with Crippen molar-refractivity contribution in [2.45, 2.75) is 46.1 Å². The molecule has 1 aromatic rings. The molecule has 1 aliphatic rings. The SMILES string of the molecule is CC(C)CCOC(C)C(=O)N1CCC(C(=O)c2ccc(O)cc2)CC1. The number of likely N-dealkylation sites (tertiary alicyclic amines) is 1. The summed E-state index contributed by atoms with van der Waals surface area (Å²) < 4.78 is 5.64. The first kappa shape index (κ1) is 19.4. The Balaban J connectivity index is 1.81. The van der Waals surface area contributed by atoms with Gasteiger partial charge in [0.1, 0.15) is 11.9 Å². The lowest BCUT2D eigenvalue weighted by Crippen LogP contribution is -2.45. The Morgan fingerprint density at radius 2 is 1.76 bits per heavy atom. The van der Waals surface area contributed by atoms with E-state index >= 15 is 0 Å². The highest BCUT2D eigenvalue weighted by atomic mass is 16.5. The van der Waals surface area contributed by atoms with Crippen LogP contribution in [-0.2, 0) is 9.53 Å². The van der Waals surface area contributed by atoms with Gasteiger partial charge in [0, 0.05) is 31.2 Å². The number of benzene rings is 1. The summed E-state index contributed by atoms with van der Waals surface area (Å²) in [6, 6.07) is 6.36. The Morgan fingerprint density at radius 3 is 2.32 bits per heavy atom. The van der Waals surface area contributed by atoms with E-state index in [1.807, 2.05) is 0 Å². The smallest absolute Gasteiger partial charge is 0.251 e. The third kappa shape index (κ3) is 5.56. The summed E-state index contributed by atoms with van der Waals surface area (Å²) in [6.07, 6.45) is 1.86. The lowest BCUT2D eigenvalue weighted by Gasteiger charge is -2.33. The first-order valence-electron chi connectivity index (χ1n) is 9.12. The second kappa shape index (κ2) is 8.99. The molecule has 0 bridgehead atoms. The zero-order valence-electron chi connectivity index (χ0n) is 15.4. The summed E-state index contributed by atoms with van der Waals surface area (Å²) in [5.74, 6) is 0.755. The zero-order valence-corrected chi connectivity index (χ0v) is 15.4. The molecule has 2 rings (SSSR count). The minimum absolute atomic E-state index is 0.0132. The standard InChI is InChI=1S/C20H29NO4/c1-14(2)10-13-25-15(3)20(24)21-11-8-17(9-12-21)19(23)16-4-6-18(22)7-5-16/h4-7,14-15,17,22H,8-13H2,1-3H3. The van der Waals surface area contributed by atoms with Crippen molar-refractivity contribution < 1.29 is 19.4 Å². The predicted molar refractivity (Wildman–Crippen MR) is 96.6 cm³/mol. The molecule has 1 atom stereocenters. The number of ketones is 1. The van der Waals surface area contributed by atoms with Crippen molar-refractivity contribution in [1.29, 1.82) is 0 Å². The van der Waals surface area contributed by atoms with Gasteiger partial charge in [0.2, 0.25) is 0 Å². The van der Waals surface area contributed by atoms with Gasteiger partial charge < -0.3 is 14.7 Å². The van der Waals surface area contributed by atoms with E-state index in [1.165, 1.54) is 12.1 Å². The van der Waals surface area contributed by atoms with Crippen LogP contribution in [0.25, 0.3) is 0 Å². The molecule has 0 aliphatic carbocycles. The van der Waals surface area contributed by atoms with Gasteiger partial charge in [-0.1, -0.05) is 13.8 Å². The highest BCUT2D eigenvalue weighted by Crippen LogP contribution is 2.23. The molecule has 1 aromatic carbocycles. The number of hydrogen-bond donors (Lipinski definition) is 1. The Hall–Kier alpha value is -1.88. The molecule has 0 saturated carbocycles. The van der Waals surface area contributed by atoms with E-state index < -0.39 is 6.10 Å². The van der Waals surface area contributed by atoms with Gasteiger partial charge in [-0.2, -0.15) is 0 Å². The van der Waals surface area contributed by atoms with Crippen molar-refractivity contribution in [2.24, 2.45) is 11.8 Å². The molecule has 1 amide bonds. The molecule has 138 valence electrons. The number of rotatable bonds is 7. The van der Waals surface area contributed by atoms with E-state index in [9.17, 15) is 14.7 Å². The van der Waals surface area contributed by atoms with Crippen LogP contribution in [0, 0.1) is 11.8 Å². The second-order valence-electron chi connectivity index (χ2n) is 7.21. The fourth-order valence-electron chi connectivity index (χ4n) is 3.03. The highest BCUT2D eigenvalue weighted by molar-refractivity contribution is 5.98. The van der Waals surface area contributed by atoms with Crippen LogP contribution in [0.5, 0.6) is 5.75 Å². The maximum absolute atomic E-state index is 12.5. The summed E-state index contributed by atoms with van der Waals surface area (Å²) in [6.45, 7) is 7.84. The molecular weight excluding hydrogens is 318 g/mol. The van der Waals surface area contributed by atoms with Gasteiger partial charge in [0.25, 0.3) is 5.91 Å². The van der Waals surface area contributed by atoms with Gasteiger partial charge in [-0.25, -0.2) is 0 Å². The van der Waals surface area contributed by atoms with Crippen LogP contribution in [0.4, 0.5) is 0 Å². The molecular formula is C20H29NO4. The maximum atomic E-state index is 12.5. The number of Topliss-reactive ketones (excluding diaryl/α,β-unsaturated/α-hetero) is 1. The number of carbonyl (C=O) groups excluding carboxylic acids is 2. The van der Waals surface area contributed by atoms with Crippen LogP contribution in [0.2, 0.25) is 0 Å². The number of ether oxygens (including phenoxy) is 1. The fourth-order valence-corrected chi connectivity index (χ4v) is 3.03. The highest BCUT2D eigenvalue weighted by Gasteiger charge is 2.30. The lowest BCUT2D eigenvalue weighted by molar-refractivity contribution is -0.144. The largest absolute Gasteiger partial charge is 0.508 e. The molecule has 25 heavy (non-hydrogen) atoms. The van der Waals surface area contributed by atoms with Crippen molar-refractivity contribution in [3.05, 3.63) is 29.8 Å². The number of phenolic OH excluding ortho intramolecular Hbond substituents is 1.